The lowest BCUT2D eigenvalue weighted by Crippen LogP contribution is -2.31. The van der Waals surface area contributed by atoms with Gasteiger partial charge in [-0.25, -0.2) is 9.07 Å². The topological polar surface area (TPSA) is 50.2 Å². The lowest BCUT2D eigenvalue weighted by molar-refractivity contribution is 0.0948. The summed E-state index contributed by atoms with van der Waals surface area (Å²) in [5.74, 6) is -0.228. The van der Waals surface area contributed by atoms with Gasteiger partial charge >= 0.3 is 0 Å². The lowest BCUT2D eigenvalue weighted by Gasteiger charge is -2.21. The van der Waals surface area contributed by atoms with E-state index in [-0.39, 0.29) is 11.7 Å². The number of para-hydroxylation sites is 1. The number of hydrogen-bond donors (Lipinski definition) is 1. The van der Waals surface area contributed by atoms with Crippen LogP contribution >= 0.6 is 11.6 Å². The van der Waals surface area contributed by atoms with Gasteiger partial charge in [0.2, 0.25) is 0 Å². The number of amides is 1. The Labute approximate surface area is 174 Å². The normalized spacial score (nSPS) is 16.2. The molecule has 29 heavy (non-hydrogen) atoms. The predicted octanol–water partition coefficient (Wildman–Crippen LogP) is 4.23. The number of carbonyl (C=O) groups excluding carboxylic acids is 1. The molecule has 2 aromatic carbocycles. The summed E-state index contributed by atoms with van der Waals surface area (Å²) in [7, 11) is 0. The van der Waals surface area contributed by atoms with Gasteiger partial charge < -0.3 is 10.2 Å². The number of benzene rings is 2. The van der Waals surface area contributed by atoms with Crippen molar-refractivity contribution in [3.8, 4) is 5.69 Å². The highest BCUT2D eigenvalue weighted by Crippen LogP contribution is 2.29. The maximum Gasteiger partial charge on any atom is 0.254 e. The number of aromatic nitrogens is 2. The maximum atomic E-state index is 13.9. The molecular formula is C22H22ClFN4O. The summed E-state index contributed by atoms with van der Waals surface area (Å²) in [4.78, 5) is 14.8. The molecule has 0 spiro atoms. The van der Waals surface area contributed by atoms with Crippen LogP contribution in [0.4, 0.5) is 10.1 Å². The second-order valence-electron chi connectivity index (χ2n) is 7.37. The minimum atomic E-state index is -0.384. The summed E-state index contributed by atoms with van der Waals surface area (Å²) in [6, 6.07) is 12.3. The molecule has 2 heterocycles. The number of anilines is 1. The molecule has 7 heteroatoms. The van der Waals surface area contributed by atoms with Gasteiger partial charge in [-0.3, -0.25) is 4.79 Å². The van der Waals surface area contributed by atoms with Gasteiger partial charge in [0.05, 0.1) is 11.8 Å². The van der Waals surface area contributed by atoms with E-state index in [0.29, 0.717) is 23.7 Å². The van der Waals surface area contributed by atoms with Crippen LogP contribution in [0.1, 0.15) is 22.3 Å². The second-order valence-corrected chi connectivity index (χ2v) is 7.80. The highest BCUT2D eigenvalue weighted by atomic mass is 35.5. The molecule has 0 saturated carbocycles. The molecule has 4 rings (SSSR count). The standard InChI is InChI=1S/C22H22ClFN4O/c1-15-6-7-18(23)10-21(15)27-9-8-16(13-27)11-25-22(29)17-12-26-28(14-17)20-5-3-2-4-19(20)24/h2-7,10,12,14,16H,8-9,11,13H2,1H3,(H,25,29). The van der Waals surface area contributed by atoms with Crippen molar-refractivity contribution in [2.45, 2.75) is 13.3 Å². The van der Waals surface area contributed by atoms with E-state index < -0.39 is 0 Å². The Bertz CT molecular complexity index is 1040. The minimum absolute atomic E-state index is 0.204. The molecule has 1 aliphatic heterocycles. The number of nitrogens with zero attached hydrogens (tertiary/aromatic N) is 3. The highest BCUT2D eigenvalue weighted by molar-refractivity contribution is 6.30. The summed E-state index contributed by atoms with van der Waals surface area (Å²) in [6.45, 7) is 4.47. The number of nitrogens with one attached hydrogen (secondary N) is 1. The quantitative estimate of drug-likeness (QED) is 0.682. The van der Waals surface area contributed by atoms with Gasteiger partial charge in [-0.2, -0.15) is 5.10 Å². The molecule has 1 amide bonds. The van der Waals surface area contributed by atoms with Crippen molar-refractivity contribution in [1.82, 2.24) is 15.1 Å². The van der Waals surface area contributed by atoms with Crippen LogP contribution in [0.25, 0.3) is 5.69 Å². The average Bonchev–Trinajstić information content (AvgIpc) is 3.38. The van der Waals surface area contributed by atoms with Gasteiger partial charge in [-0.1, -0.05) is 29.8 Å². The molecule has 1 fully saturated rings. The van der Waals surface area contributed by atoms with Gasteiger partial charge in [0.1, 0.15) is 11.5 Å². The van der Waals surface area contributed by atoms with Crippen LogP contribution in [-0.2, 0) is 0 Å². The average molecular weight is 413 g/mol. The molecule has 0 bridgehead atoms. The monoisotopic (exact) mass is 412 g/mol. The summed E-state index contributed by atoms with van der Waals surface area (Å²) < 4.78 is 15.3. The Hall–Kier alpha value is -2.86. The van der Waals surface area contributed by atoms with Crippen LogP contribution in [0.2, 0.25) is 5.02 Å². The first-order valence-electron chi connectivity index (χ1n) is 9.60. The van der Waals surface area contributed by atoms with E-state index in [0.717, 1.165) is 30.2 Å². The zero-order chi connectivity index (χ0) is 20.4. The van der Waals surface area contributed by atoms with Gasteiger partial charge in [0.15, 0.2) is 0 Å². The first kappa shape index (κ1) is 19.5. The van der Waals surface area contributed by atoms with Crippen LogP contribution < -0.4 is 10.2 Å². The van der Waals surface area contributed by atoms with Crippen molar-refractivity contribution >= 4 is 23.2 Å². The molecule has 1 saturated heterocycles. The molecule has 3 aromatic rings. The third-order valence-corrected chi connectivity index (χ3v) is 5.53. The largest absolute Gasteiger partial charge is 0.371 e. The van der Waals surface area contributed by atoms with Crippen molar-refractivity contribution in [3.63, 3.8) is 0 Å². The van der Waals surface area contributed by atoms with Crippen LogP contribution in [-0.4, -0.2) is 35.3 Å². The van der Waals surface area contributed by atoms with Gasteiger partial charge in [0, 0.05) is 36.5 Å². The van der Waals surface area contributed by atoms with Crippen molar-refractivity contribution in [2.75, 3.05) is 24.5 Å². The van der Waals surface area contributed by atoms with Crippen LogP contribution in [0, 0.1) is 18.7 Å². The van der Waals surface area contributed by atoms with Crippen molar-refractivity contribution in [3.05, 3.63) is 76.8 Å². The molecule has 0 aliphatic carbocycles. The Morgan fingerprint density at radius 1 is 1.28 bits per heavy atom. The highest BCUT2D eigenvalue weighted by Gasteiger charge is 2.24. The van der Waals surface area contributed by atoms with E-state index in [2.05, 4.69) is 22.2 Å². The molecule has 1 N–H and O–H groups in total. The van der Waals surface area contributed by atoms with E-state index in [9.17, 15) is 9.18 Å². The number of rotatable bonds is 5. The molecular weight excluding hydrogens is 391 g/mol. The van der Waals surface area contributed by atoms with Gasteiger partial charge in [-0.05, 0) is 49.1 Å². The summed E-state index contributed by atoms with van der Waals surface area (Å²) in [6.07, 6.45) is 4.00. The van der Waals surface area contributed by atoms with Crippen molar-refractivity contribution in [2.24, 2.45) is 5.92 Å². The van der Waals surface area contributed by atoms with Crippen molar-refractivity contribution < 1.29 is 9.18 Å². The number of aryl methyl sites for hydroxylation is 1. The second kappa shape index (κ2) is 8.25. The van der Waals surface area contributed by atoms with E-state index in [1.165, 1.54) is 22.5 Å². The van der Waals surface area contributed by atoms with E-state index >= 15 is 0 Å². The molecule has 150 valence electrons. The van der Waals surface area contributed by atoms with E-state index in [1.54, 1.807) is 24.4 Å². The van der Waals surface area contributed by atoms with Gasteiger partial charge in [0.25, 0.3) is 5.91 Å². The van der Waals surface area contributed by atoms with E-state index in [4.69, 9.17) is 11.6 Å². The Morgan fingerprint density at radius 3 is 2.93 bits per heavy atom. The molecule has 1 atom stereocenters. The smallest absolute Gasteiger partial charge is 0.254 e. The van der Waals surface area contributed by atoms with Gasteiger partial charge in [-0.15, -0.1) is 0 Å². The van der Waals surface area contributed by atoms with Crippen LogP contribution in [0.5, 0.6) is 0 Å². The maximum absolute atomic E-state index is 13.9. The first-order valence-corrected chi connectivity index (χ1v) is 9.98. The van der Waals surface area contributed by atoms with Crippen LogP contribution in [0.3, 0.4) is 0 Å². The fourth-order valence-electron chi connectivity index (χ4n) is 3.69. The number of halogens is 2. The third-order valence-electron chi connectivity index (χ3n) is 5.29. The Balaban J connectivity index is 1.35. The van der Waals surface area contributed by atoms with E-state index in [1.807, 2.05) is 18.2 Å². The van der Waals surface area contributed by atoms with Crippen molar-refractivity contribution in [1.29, 1.82) is 0 Å². The Morgan fingerprint density at radius 2 is 2.10 bits per heavy atom. The summed E-state index contributed by atoms with van der Waals surface area (Å²) >= 11 is 6.14. The number of hydrogen-bond acceptors (Lipinski definition) is 3. The SMILES string of the molecule is Cc1ccc(Cl)cc1N1CCC(CNC(=O)c2cnn(-c3ccccc3F)c2)C1. The molecule has 5 nitrogen and oxygen atoms in total. The molecule has 1 aromatic heterocycles. The summed E-state index contributed by atoms with van der Waals surface area (Å²) in [5, 5.41) is 7.82. The summed E-state index contributed by atoms with van der Waals surface area (Å²) in [5.41, 5.74) is 3.07. The molecule has 1 aliphatic rings. The third kappa shape index (κ3) is 4.27. The fourth-order valence-corrected chi connectivity index (χ4v) is 3.86. The Kier molecular flexibility index (Phi) is 5.53. The zero-order valence-electron chi connectivity index (χ0n) is 16.1. The van der Waals surface area contributed by atoms with Crippen LogP contribution in [0.15, 0.2) is 54.9 Å². The zero-order valence-corrected chi connectivity index (χ0v) is 16.9. The lowest BCUT2D eigenvalue weighted by atomic mass is 10.1. The molecule has 1 unspecified atom stereocenters. The predicted molar refractivity (Wildman–Crippen MR) is 112 cm³/mol. The fraction of sp³-hybridized carbons (Fsp3) is 0.273. The molecule has 0 radical (unpaired) electrons. The first-order chi connectivity index (χ1) is 14.0. The minimum Gasteiger partial charge on any atom is -0.371 e. The number of carbonyl (C=O) groups is 1.